The van der Waals surface area contributed by atoms with Crippen LogP contribution in [0.3, 0.4) is 0 Å². The fourth-order valence-corrected chi connectivity index (χ4v) is 2.79. The molecule has 0 aliphatic carbocycles. The Morgan fingerprint density at radius 2 is 1.78 bits per heavy atom. The highest BCUT2D eigenvalue weighted by Gasteiger charge is 2.06. The van der Waals surface area contributed by atoms with Crippen LogP contribution in [0.15, 0.2) is 47.5 Å². The number of guanidine groups is 1. The number of carbonyl (C=O) groups is 1. The van der Waals surface area contributed by atoms with Crippen molar-refractivity contribution < 1.29 is 4.79 Å². The fraction of sp³-hybridized carbons (Fsp3) is 0.364. The summed E-state index contributed by atoms with van der Waals surface area (Å²) in [4.78, 5) is 16.4. The van der Waals surface area contributed by atoms with Crippen LogP contribution < -0.4 is 16.0 Å². The molecule has 3 N–H and O–H groups in total. The summed E-state index contributed by atoms with van der Waals surface area (Å²) in [6.07, 6.45) is 0.926. The first kappa shape index (κ1) is 20.5. The standard InChI is InChI=1S/C22H30N4O/c1-5-11-24-21(27)19-8-6-7-18(13-19)14-25-22(23-4)26-15-20-10-9-16(2)12-17(20)3/h6-10,12-13H,5,11,14-15H2,1-4H3,(H,24,27)(H2,23,25,26). The molecule has 2 rings (SSSR count). The predicted molar refractivity (Wildman–Crippen MR) is 112 cm³/mol. The third-order valence-electron chi connectivity index (χ3n) is 4.35. The smallest absolute Gasteiger partial charge is 0.251 e. The lowest BCUT2D eigenvalue weighted by atomic mass is 10.1. The molecule has 0 bridgehead atoms. The summed E-state index contributed by atoms with van der Waals surface area (Å²) in [6.45, 7) is 8.26. The second-order valence-electron chi connectivity index (χ2n) is 6.67. The maximum Gasteiger partial charge on any atom is 0.251 e. The number of aliphatic imine (C=N–C) groups is 1. The summed E-state index contributed by atoms with van der Waals surface area (Å²) >= 11 is 0. The minimum Gasteiger partial charge on any atom is -0.352 e. The average molecular weight is 367 g/mol. The average Bonchev–Trinajstić information content (AvgIpc) is 2.67. The molecule has 0 aliphatic rings. The van der Waals surface area contributed by atoms with Gasteiger partial charge >= 0.3 is 0 Å². The Labute approximate surface area is 162 Å². The van der Waals surface area contributed by atoms with Crippen LogP contribution >= 0.6 is 0 Å². The second-order valence-corrected chi connectivity index (χ2v) is 6.67. The van der Waals surface area contributed by atoms with Crippen LogP contribution in [0.2, 0.25) is 0 Å². The molecule has 0 saturated carbocycles. The number of nitrogens with zero attached hydrogens (tertiary/aromatic N) is 1. The molecule has 5 nitrogen and oxygen atoms in total. The van der Waals surface area contributed by atoms with E-state index < -0.39 is 0 Å². The molecular formula is C22H30N4O. The molecule has 0 heterocycles. The van der Waals surface area contributed by atoms with Crippen molar-refractivity contribution in [2.24, 2.45) is 4.99 Å². The molecule has 0 unspecified atom stereocenters. The minimum atomic E-state index is -0.0314. The lowest BCUT2D eigenvalue weighted by molar-refractivity contribution is 0.0953. The largest absolute Gasteiger partial charge is 0.352 e. The van der Waals surface area contributed by atoms with Crippen LogP contribution in [0.5, 0.6) is 0 Å². The first-order valence-electron chi connectivity index (χ1n) is 9.41. The normalized spacial score (nSPS) is 11.2. The third-order valence-corrected chi connectivity index (χ3v) is 4.35. The fourth-order valence-electron chi connectivity index (χ4n) is 2.79. The van der Waals surface area contributed by atoms with Gasteiger partial charge in [-0.2, -0.15) is 0 Å². The molecule has 2 aromatic carbocycles. The number of carbonyl (C=O) groups excluding carboxylic acids is 1. The molecule has 0 spiro atoms. The summed E-state index contributed by atoms with van der Waals surface area (Å²) in [7, 11) is 1.76. The highest BCUT2D eigenvalue weighted by molar-refractivity contribution is 5.94. The zero-order valence-electron chi connectivity index (χ0n) is 16.7. The molecule has 1 amide bonds. The second kappa shape index (κ2) is 10.4. The maximum absolute atomic E-state index is 12.1. The molecule has 0 saturated heterocycles. The number of nitrogens with one attached hydrogen (secondary N) is 3. The lowest BCUT2D eigenvalue weighted by Gasteiger charge is -2.14. The van der Waals surface area contributed by atoms with E-state index in [1.165, 1.54) is 16.7 Å². The molecular weight excluding hydrogens is 336 g/mol. The minimum absolute atomic E-state index is 0.0314. The van der Waals surface area contributed by atoms with Crippen molar-refractivity contribution in [3.05, 3.63) is 70.3 Å². The summed E-state index contributed by atoms with van der Waals surface area (Å²) < 4.78 is 0. The van der Waals surface area contributed by atoms with E-state index in [4.69, 9.17) is 0 Å². The Morgan fingerprint density at radius 1 is 1.00 bits per heavy atom. The first-order chi connectivity index (χ1) is 13.0. The maximum atomic E-state index is 12.1. The number of hydrogen-bond donors (Lipinski definition) is 3. The summed E-state index contributed by atoms with van der Waals surface area (Å²) in [5.41, 5.74) is 5.50. The SMILES string of the molecule is CCCNC(=O)c1cccc(CNC(=NC)NCc2ccc(C)cc2C)c1. The van der Waals surface area contributed by atoms with E-state index in [1.54, 1.807) is 7.05 Å². The van der Waals surface area contributed by atoms with Crippen LogP contribution in [0, 0.1) is 13.8 Å². The quantitative estimate of drug-likeness (QED) is 0.520. The van der Waals surface area contributed by atoms with Gasteiger partial charge in [-0.1, -0.05) is 42.8 Å². The van der Waals surface area contributed by atoms with Gasteiger partial charge in [-0.25, -0.2) is 0 Å². The zero-order valence-corrected chi connectivity index (χ0v) is 16.7. The molecule has 144 valence electrons. The van der Waals surface area contributed by atoms with E-state index in [0.29, 0.717) is 25.2 Å². The van der Waals surface area contributed by atoms with Gasteiger partial charge in [0.2, 0.25) is 0 Å². The Morgan fingerprint density at radius 3 is 2.48 bits per heavy atom. The number of rotatable bonds is 7. The van der Waals surface area contributed by atoms with Gasteiger partial charge in [0.05, 0.1) is 0 Å². The molecule has 0 fully saturated rings. The van der Waals surface area contributed by atoms with Crippen molar-refractivity contribution in [3.63, 3.8) is 0 Å². The Balaban J connectivity index is 1.91. The Kier molecular flexibility index (Phi) is 7.86. The van der Waals surface area contributed by atoms with Crippen molar-refractivity contribution in [2.75, 3.05) is 13.6 Å². The Hall–Kier alpha value is -2.82. The number of aryl methyl sites for hydroxylation is 2. The van der Waals surface area contributed by atoms with E-state index >= 15 is 0 Å². The van der Waals surface area contributed by atoms with Crippen molar-refractivity contribution in [1.29, 1.82) is 0 Å². The molecule has 27 heavy (non-hydrogen) atoms. The summed E-state index contributed by atoms with van der Waals surface area (Å²) in [6, 6.07) is 14.1. The van der Waals surface area contributed by atoms with Crippen LogP contribution in [0.4, 0.5) is 0 Å². The highest BCUT2D eigenvalue weighted by Crippen LogP contribution is 2.10. The van der Waals surface area contributed by atoms with Crippen molar-refractivity contribution in [2.45, 2.75) is 40.3 Å². The van der Waals surface area contributed by atoms with Crippen LogP contribution in [0.1, 0.15) is 46.0 Å². The van der Waals surface area contributed by atoms with Crippen LogP contribution in [0.25, 0.3) is 0 Å². The number of hydrogen-bond acceptors (Lipinski definition) is 2. The van der Waals surface area contributed by atoms with Crippen molar-refractivity contribution in [1.82, 2.24) is 16.0 Å². The number of amides is 1. The van der Waals surface area contributed by atoms with Gasteiger partial charge in [-0.3, -0.25) is 9.79 Å². The van der Waals surface area contributed by atoms with Gasteiger partial charge in [-0.05, 0) is 49.1 Å². The van der Waals surface area contributed by atoms with E-state index in [9.17, 15) is 4.79 Å². The molecule has 0 aromatic heterocycles. The van der Waals surface area contributed by atoms with Crippen LogP contribution in [-0.4, -0.2) is 25.5 Å². The van der Waals surface area contributed by atoms with Gasteiger partial charge in [0, 0.05) is 32.2 Å². The predicted octanol–water partition coefficient (Wildman–Crippen LogP) is 3.31. The van der Waals surface area contributed by atoms with E-state index in [2.05, 4.69) is 53.0 Å². The molecule has 0 atom stereocenters. The highest BCUT2D eigenvalue weighted by atomic mass is 16.1. The monoisotopic (exact) mass is 366 g/mol. The van der Waals surface area contributed by atoms with Gasteiger partial charge < -0.3 is 16.0 Å². The molecule has 0 aliphatic heterocycles. The van der Waals surface area contributed by atoms with Crippen molar-refractivity contribution in [3.8, 4) is 0 Å². The molecule has 2 aromatic rings. The Bertz CT molecular complexity index is 799. The zero-order chi connectivity index (χ0) is 19.6. The van der Waals surface area contributed by atoms with Gasteiger partial charge in [0.25, 0.3) is 5.91 Å². The third kappa shape index (κ3) is 6.44. The summed E-state index contributed by atoms with van der Waals surface area (Å²) in [5.74, 6) is 0.701. The van der Waals surface area contributed by atoms with E-state index in [0.717, 1.165) is 17.9 Å². The molecule has 5 heteroatoms. The first-order valence-corrected chi connectivity index (χ1v) is 9.41. The van der Waals surface area contributed by atoms with Crippen LogP contribution in [-0.2, 0) is 13.1 Å². The van der Waals surface area contributed by atoms with Crippen molar-refractivity contribution >= 4 is 11.9 Å². The van der Waals surface area contributed by atoms with Gasteiger partial charge in [-0.15, -0.1) is 0 Å². The van der Waals surface area contributed by atoms with E-state index in [-0.39, 0.29) is 5.91 Å². The van der Waals surface area contributed by atoms with E-state index in [1.807, 2.05) is 31.2 Å². The topological polar surface area (TPSA) is 65.5 Å². The van der Waals surface area contributed by atoms with Gasteiger partial charge in [0.1, 0.15) is 0 Å². The molecule has 0 radical (unpaired) electrons. The number of benzene rings is 2. The van der Waals surface area contributed by atoms with Gasteiger partial charge in [0.15, 0.2) is 5.96 Å². The summed E-state index contributed by atoms with van der Waals surface area (Å²) in [5, 5.41) is 9.55. The lowest BCUT2D eigenvalue weighted by Crippen LogP contribution is -2.36.